The van der Waals surface area contributed by atoms with Crippen molar-refractivity contribution in [3.05, 3.63) is 35.4 Å². The van der Waals surface area contributed by atoms with Gasteiger partial charge in [-0.25, -0.2) is 8.42 Å². The first-order valence-corrected chi connectivity index (χ1v) is 10.7. The first-order valence-electron chi connectivity index (χ1n) is 8.68. The van der Waals surface area contributed by atoms with Gasteiger partial charge in [0, 0.05) is 30.8 Å². The molecule has 1 aromatic carbocycles. The molecular formula is C18H26N2O4S. The fourth-order valence-corrected chi connectivity index (χ4v) is 3.83. The third kappa shape index (κ3) is 7.25. The molecule has 2 N–H and O–H groups in total. The van der Waals surface area contributed by atoms with E-state index in [2.05, 4.69) is 10.6 Å². The van der Waals surface area contributed by atoms with Crippen LogP contribution in [0.4, 0.5) is 0 Å². The summed E-state index contributed by atoms with van der Waals surface area (Å²) in [5.41, 5.74) is 0.971. The molecule has 7 heteroatoms. The van der Waals surface area contributed by atoms with E-state index >= 15 is 0 Å². The molecule has 2 amide bonds. The summed E-state index contributed by atoms with van der Waals surface area (Å²) in [6.45, 7) is 0.258. The third-order valence-electron chi connectivity index (χ3n) is 4.23. The number of hydrogen-bond acceptors (Lipinski definition) is 4. The SMILES string of the molecule is CS(=O)(=O)Cc1cccc(C(=O)NCCC(=O)NC2CCCCC2)c1. The molecule has 1 fully saturated rings. The van der Waals surface area contributed by atoms with Gasteiger partial charge in [0.1, 0.15) is 0 Å². The Bertz CT molecular complexity index is 710. The summed E-state index contributed by atoms with van der Waals surface area (Å²) in [5, 5.41) is 5.72. The Morgan fingerprint density at radius 1 is 1.16 bits per heavy atom. The largest absolute Gasteiger partial charge is 0.353 e. The maximum atomic E-state index is 12.1. The Kier molecular flexibility index (Phi) is 6.99. The Morgan fingerprint density at radius 3 is 2.56 bits per heavy atom. The van der Waals surface area contributed by atoms with Crippen molar-refractivity contribution in [3.63, 3.8) is 0 Å². The Hall–Kier alpha value is -1.89. The molecule has 1 saturated carbocycles. The molecule has 0 heterocycles. The average Bonchev–Trinajstić information content (AvgIpc) is 2.54. The van der Waals surface area contributed by atoms with E-state index in [0.29, 0.717) is 11.1 Å². The van der Waals surface area contributed by atoms with Gasteiger partial charge < -0.3 is 10.6 Å². The van der Waals surface area contributed by atoms with Crippen LogP contribution in [0.25, 0.3) is 0 Å². The third-order valence-corrected chi connectivity index (χ3v) is 5.08. The lowest BCUT2D eigenvalue weighted by molar-refractivity contribution is -0.121. The maximum absolute atomic E-state index is 12.1. The van der Waals surface area contributed by atoms with E-state index < -0.39 is 9.84 Å². The molecule has 25 heavy (non-hydrogen) atoms. The van der Waals surface area contributed by atoms with Gasteiger partial charge in [0.25, 0.3) is 5.91 Å². The predicted molar refractivity (Wildman–Crippen MR) is 97.0 cm³/mol. The second-order valence-electron chi connectivity index (χ2n) is 6.68. The lowest BCUT2D eigenvalue weighted by atomic mass is 9.95. The van der Waals surface area contributed by atoms with Crippen molar-refractivity contribution >= 4 is 21.7 Å². The zero-order valence-corrected chi connectivity index (χ0v) is 15.4. The van der Waals surface area contributed by atoms with Gasteiger partial charge in [-0.3, -0.25) is 9.59 Å². The molecule has 0 bridgehead atoms. The van der Waals surface area contributed by atoms with Crippen LogP contribution in [-0.4, -0.2) is 39.1 Å². The van der Waals surface area contributed by atoms with Crippen LogP contribution in [0.5, 0.6) is 0 Å². The topological polar surface area (TPSA) is 92.3 Å². The molecule has 1 aliphatic rings. The van der Waals surface area contributed by atoms with E-state index in [1.165, 1.54) is 6.42 Å². The van der Waals surface area contributed by atoms with Crippen LogP contribution in [0.3, 0.4) is 0 Å². The number of nitrogens with one attached hydrogen (secondary N) is 2. The summed E-state index contributed by atoms with van der Waals surface area (Å²) in [5.74, 6) is -0.448. The van der Waals surface area contributed by atoms with Gasteiger partial charge in [-0.05, 0) is 30.5 Å². The number of amides is 2. The van der Waals surface area contributed by atoms with Crippen LogP contribution in [0.2, 0.25) is 0 Å². The number of rotatable bonds is 7. The molecule has 1 aliphatic carbocycles. The first kappa shape index (κ1) is 19.4. The van der Waals surface area contributed by atoms with Gasteiger partial charge in [-0.1, -0.05) is 31.4 Å². The highest BCUT2D eigenvalue weighted by molar-refractivity contribution is 7.89. The lowest BCUT2D eigenvalue weighted by Gasteiger charge is -2.22. The highest BCUT2D eigenvalue weighted by Gasteiger charge is 2.15. The summed E-state index contributed by atoms with van der Waals surface area (Å²) in [7, 11) is -3.15. The minimum atomic E-state index is -3.15. The average molecular weight is 366 g/mol. The lowest BCUT2D eigenvalue weighted by Crippen LogP contribution is -2.38. The maximum Gasteiger partial charge on any atom is 0.251 e. The summed E-state index contributed by atoms with van der Waals surface area (Å²) in [4.78, 5) is 24.1. The van der Waals surface area contributed by atoms with E-state index in [1.807, 2.05) is 0 Å². The minimum absolute atomic E-state index is 0.0435. The van der Waals surface area contributed by atoms with Crippen molar-refractivity contribution < 1.29 is 18.0 Å². The van der Waals surface area contributed by atoms with E-state index in [1.54, 1.807) is 24.3 Å². The zero-order chi connectivity index (χ0) is 18.3. The molecule has 0 aromatic heterocycles. The van der Waals surface area contributed by atoms with Crippen LogP contribution in [0, 0.1) is 0 Å². The minimum Gasteiger partial charge on any atom is -0.353 e. The summed E-state index contributed by atoms with van der Waals surface area (Å²) in [6.07, 6.45) is 7.02. The van der Waals surface area contributed by atoms with Crippen LogP contribution >= 0.6 is 0 Å². The van der Waals surface area contributed by atoms with Gasteiger partial charge in [-0.15, -0.1) is 0 Å². The van der Waals surface area contributed by atoms with E-state index in [9.17, 15) is 18.0 Å². The van der Waals surface area contributed by atoms with Crippen LogP contribution in [-0.2, 0) is 20.4 Å². The monoisotopic (exact) mass is 366 g/mol. The highest BCUT2D eigenvalue weighted by atomic mass is 32.2. The van der Waals surface area contributed by atoms with Crippen molar-refractivity contribution in [2.24, 2.45) is 0 Å². The van der Waals surface area contributed by atoms with Crippen molar-refractivity contribution in [2.75, 3.05) is 12.8 Å². The normalized spacial score (nSPS) is 15.6. The number of carbonyl (C=O) groups excluding carboxylic acids is 2. The second-order valence-corrected chi connectivity index (χ2v) is 8.82. The molecule has 138 valence electrons. The molecule has 0 spiro atoms. The van der Waals surface area contributed by atoms with Crippen molar-refractivity contribution in [3.8, 4) is 0 Å². The quantitative estimate of drug-likeness (QED) is 0.770. The van der Waals surface area contributed by atoms with Gasteiger partial charge >= 0.3 is 0 Å². The Labute approximate surface area is 149 Å². The number of sulfone groups is 1. The van der Waals surface area contributed by atoms with Crippen molar-refractivity contribution in [2.45, 2.75) is 50.3 Å². The van der Waals surface area contributed by atoms with Gasteiger partial charge in [0.2, 0.25) is 5.91 Å². The van der Waals surface area contributed by atoms with E-state index in [0.717, 1.165) is 31.9 Å². The van der Waals surface area contributed by atoms with Crippen molar-refractivity contribution in [1.29, 1.82) is 0 Å². The van der Waals surface area contributed by atoms with E-state index in [4.69, 9.17) is 0 Å². The molecule has 0 atom stereocenters. The molecule has 0 unspecified atom stereocenters. The second kappa shape index (κ2) is 8.99. The molecule has 0 aliphatic heterocycles. The standard InChI is InChI=1S/C18H26N2O4S/c1-25(23,24)13-14-6-5-7-15(12-14)18(22)19-11-10-17(21)20-16-8-3-2-4-9-16/h5-7,12,16H,2-4,8-11,13H2,1H3,(H,19,22)(H,20,21). The first-order chi connectivity index (χ1) is 11.8. The molecular weight excluding hydrogens is 340 g/mol. The number of carbonyl (C=O) groups is 2. The molecule has 0 radical (unpaired) electrons. The molecule has 0 saturated heterocycles. The summed E-state index contributed by atoms with van der Waals surface area (Å²) >= 11 is 0. The predicted octanol–water partition coefficient (Wildman–Crippen LogP) is 1.80. The number of hydrogen-bond donors (Lipinski definition) is 2. The van der Waals surface area contributed by atoms with Gasteiger partial charge in [0.05, 0.1) is 5.75 Å². The molecule has 2 rings (SSSR count). The van der Waals surface area contributed by atoms with Gasteiger partial charge in [0.15, 0.2) is 9.84 Å². The molecule has 1 aromatic rings. The molecule has 6 nitrogen and oxygen atoms in total. The van der Waals surface area contributed by atoms with Crippen LogP contribution in [0.1, 0.15) is 54.4 Å². The van der Waals surface area contributed by atoms with E-state index in [-0.39, 0.29) is 36.6 Å². The summed E-state index contributed by atoms with van der Waals surface area (Å²) in [6, 6.07) is 6.80. The highest BCUT2D eigenvalue weighted by Crippen LogP contribution is 2.17. The number of benzene rings is 1. The van der Waals surface area contributed by atoms with Crippen LogP contribution in [0.15, 0.2) is 24.3 Å². The van der Waals surface area contributed by atoms with Gasteiger partial charge in [-0.2, -0.15) is 0 Å². The fourth-order valence-electron chi connectivity index (χ4n) is 3.04. The fraction of sp³-hybridized carbons (Fsp3) is 0.556. The van der Waals surface area contributed by atoms with Crippen molar-refractivity contribution in [1.82, 2.24) is 10.6 Å². The van der Waals surface area contributed by atoms with Crippen LogP contribution < -0.4 is 10.6 Å². The zero-order valence-electron chi connectivity index (χ0n) is 14.6. The Morgan fingerprint density at radius 2 is 1.88 bits per heavy atom. The smallest absolute Gasteiger partial charge is 0.251 e. The summed E-state index contributed by atoms with van der Waals surface area (Å²) < 4.78 is 22.7. The Balaban J connectivity index is 1.78.